The van der Waals surface area contributed by atoms with Crippen LogP contribution in [-0.2, 0) is 0 Å². The molecule has 0 unspecified atom stereocenters. The minimum atomic E-state index is -0.825. The number of nitriles is 1. The number of hydrogen-bond donors (Lipinski definition) is 1. The predicted molar refractivity (Wildman–Crippen MR) is 89.6 cm³/mol. The Morgan fingerprint density at radius 2 is 1.80 bits per heavy atom. The second-order valence-corrected chi connectivity index (χ2v) is 5.80. The van der Waals surface area contributed by atoms with Gasteiger partial charge >= 0.3 is 0 Å². The fourth-order valence-electron chi connectivity index (χ4n) is 3.24. The van der Waals surface area contributed by atoms with Crippen molar-refractivity contribution < 1.29 is 13.5 Å². The first-order chi connectivity index (χ1) is 12.1. The van der Waals surface area contributed by atoms with Gasteiger partial charge in [0.2, 0.25) is 5.88 Å². The van der Waals surface area contributed by atoms with Crippen molar-refractivity contribution in [3.63, 3.8) is 0 Å². The highest BCUT2D eigenvalue weighted by Gasteiger charge is 2.33. The molecule has 0 saturated carbocycles. The molecule has 1 aliphatic heterocycles. The van der Waals surface area contributed by atoms with E-state index in [1.807, 2.05) is 36.4 Å². The highest BCUT2D eigenvalue weighted by Crippen LogP contribution is 2.45. The average Bonchev–Trinajstić information content (AvgIpc) is 2.62. The van der Waals surface area contributed by atoms with Gasteiger partial charge in [-0.2, -0.15) is 5.26 Å². The van der Waals surface area contributed by atoms with E-state index >= 15 is 0 Å². The topological polar surface area (TPSA) is 59.0 Å². The van der Waals surface area contributed by atoms with Crippen molar-refractivity contribution in [3.8, 4) is 11.8 Å². The molecular weight excluding hydrogens is 322 g/mol. The molecule has 122 valence electrons. The Labute approximate surface area is 142 Å². The van der Waals surface area contributed by atoms with E-state index in [1.165, 1.54) is 0 Å². The molecule has 0 aliphatic carbocycles. The number of fused-ring (bicyclic) bond motifs is 3. The smallest absolute Gasteiger partial charge is 0.205 e. The van der Waals surface area contributed by atoms with E-state index < -0.39 is 17.6 Å². The van der Waals surface area contributed by atoms with Crippen LogP contribution in [0.4, 0.5) is 8.78 Å². The Bertz CT molecular complexity index is 1080. The van der Waals surface area contributed by atoms with Gasteiger partial charge in [0.05, 0.1) is 5.92 Å². The van der Waals surface area contributed by atoms with Crippen molar-refractivity contribution in [1.29, 1.82) is 5.26 Å². The van der Waals surface area contributed by atoms with Gasteiger partial charge in [-0.3, -0.25) is 0 Å². The Morgan fingerprint density at radius 1 is 1.00 bits per heavy atom. The molecule has 2 N–H and O–H groups in total. The second kappa shape index (κ2) is 5.60. The summed E-state index contributed by atoms with van der Waals surface area (Å²) in [6.07, 6.45) is 0. The van der Waals surface area contributed by atoms with Gasteiger partial charge in [0.15, 0.2) is 0 Å². The molecule has 1 atom stereocenters. The number of rotatable bonds is 1. The molecule has 0 aromatic heterocycles. The third kappa shape index (κ3) is 2.31. The van der Waals surface area contributed by atoms with Gasteiger partial charge in [0, 0.05) is 16.5 Å². The van der Waals surface area contributed by atoms with Crippen LogP contribution in [-0.4, -0.2) is 0 Å². The highest BCUT2D eigenvalue weighted by atomic mass is 19.1. The molecule has 0 fully saturated rings. The van der Waals surface area contributed by atoms with Crippen LogP contribution in [0.2, 0.25) is 0 Å². The summed E-state index contributed by atoms with van der Waals surface area (Å²) in [5.41, 5.74) is 6.62. The molecule has 3 aromatic rings. The quantitative estimate of drug-likeness (QED) is 0.720. The fourth-order valence-corrected chi connectivity index (χ4v) is 3.24. The first kappa shape index (κ1) is 15.2. The zero-order valence-corrected chi connectivity index (χ0v) is 13.0. The molecule has 25 heavy (non-hydrogen) atoms. The molecule has 3 nitrogen and oxygen atoms in total. The van der Waals surface area contributed by atoms with Crippen molar-refractivity contribution in [2.24, 2.45) is 5.73 Å². The van der Waals surface area contributed by atoms with Crippen LogP contribution in [0.1, 0.15) is 17.0 Å². The van der Waals surface area contributed by atoms with Gasteiger partial charge < -0.3 is 10.5 Å². The lowest BCUT2D eigenvalue weighted by Gasteiger charge is -2.27. The van der Waals surface area contributed by atoms with Crippen molar-refractivity contribution >= 4 is 10.8 Å². The minimum absolute atomic E-state index is 0.0549. The number of nitrogens with zero attached hydrogens (tertiary/aromatic N) is 1. The number of halogens is 2. The standard InChI is InChI=1S/C20H12F2N2O/c21-12-6-8-17(22)15(9-12)18-14-7-5-11-3-1-2-4-13(11)19(14)25-20(24)16(18)10-23/h1-9,18H,24H2/t18-/m0/s1. The zero-order valence-electron chi connectivity index (χ0n) is 13.0. The average molecular weight is 334 g/mol. The maximum Gasteiger partial charge on any atom is 0.205 e. The molecule has 5 heteroatoms. The van der Waals surface area contributed by atoms with Crippen LogP contribution in [0.3, 0.4) is 0 Å². The summed E-state index contributed by atoms with van der Waals surface area (Å²) in [6, 6.07) is 16.3. The van der Waals surface area contributed by atoms with Gasteiger partial charge in [-0.1, -0.05) is 36.4 Å². The zero-order chi connectivity index (χ0) is 17.6. The monoisotopic (exact) mass is 334 g/mol. The largest absolute Gasteiger partial charge is 0.440 e. The van der Waals surface area contributed by atoms with E-state index in [2.05, 4.69) is 0 Å². The molecule has 0 bridgehead atoms. The van der Waals surface area contributed by atoms with Crippen LogP contribution in [0.15, 0.2) is 66.1 Å². The first-order valence-electron chi connectivity index (χ1n) is 7.64. The van der Waals surface area contributed by atoms with Gasteiger partial charge in [-0.15, -0.1) is 0 Å². The molecular formula is C20H12F2N2O. The Morgan fingerprint density at radius 3 is 2.60 bits per heavy atom. The van der Waals surface area contributed by atoms with Crippen LogP contribution < -0.4 is 10.5 Å². The predicted octanol–water partition coefficient (Wildman–Crippen LogP) is 4.34. The maximum absolute atomic E-state index is 14.4. The molecule has 1 aliphatic rings. The van der Waals surface area contributed by atoms with E-state index in [1.54, 1.807) is 6.07 Å². The van der Waals surface area contributed by atoms with E-state index in [-0.39, 0.29) is 17.0 Å². The molecule has 0 saturated heterocycles. The summed E-state index contributed by atoms with van der Waals surface area (Å²) in [5, 5.41) is 11.2. The molecule has 3 aromatic carbocycles. The first-order valence-corrected chi connectivity index (χ1v) is 7.64. The van der Waals surface area contributed by atoms with E-state index in [4.69, 9.17) is 10.5 Å². The van der Waals surface area contributed by atoms with E-state index in [0.717, 1.165) is 29.0 Å². The van der Waals surface area contributed by atoms with Gasteiger partial charge in [-0.25, -0.2) is 8.78 Å². The fraction of sp³-hybridized carbons (Fsp3) is 0.0500. The summed E-state index contributed by atoms with van der Waals surface area (Å²) in [5.74, 6) is -1.65. The Kier molecular flexibility index (Phi) is 3.40. The van der Waals surface area contributed by atoms with Crippen LogP contribution >= 0.6 is 0 Å². The molecule has 4 rings (SSSR count). The van der Waals surface area contributed by atoms with E-state index in [9.17, 15) is 14.0 Å². The summed E-state index contributed by atoms with van der Waals surface area (Å²) >= 11 is 0. The van der Waals surface area contributed by atoms with Crippen LogP contribution in [0.25, 0.3) is 10.8 Å². The summed E-state index contributed by atoms with van der Waals surface area (Å²) in [7, 11) is 0. The summed E-state index contributed by atoms with van der Waals surface area (Å²) < 4.78 is 33.8. The minimum Gasteiger partial charge on any atom is -0.440 e. The van der Waals surface area contributed by atoms with Crippen molar-refractivity contribution in [2.75, 3.05) is 0 Å². The van der Waals surface area contributed by atoms with E-state index in [0.29, 0.717) is 11.3 Å². The molecule has 0 amide bonds. The van der Waals surface area contributed by atoms with Crippen LogP contribution in [0.5, 0.6) is 5.75 Å². The van der Waals surface area contributed by atoms with Crippen molar-refractivity contribution in [2.45, 2.75) is 5.92 Å². The summed E-state index contributed by atoms with van der Waals surface area (Å²) in [6.45, 7) is 0. The lowest BCUT2D eigenvalue weighted by molar-refractivity contribution is 0.397. The van der Waals surface area contributed by atoms with Crippen LogP contribution in [0, 0.1) is 23.0 Å². The van der Waals surface area contributed by atoms with Gasteiger partial charge in [0.1, 0.15) is 29.0 Å². The number of benzene rings is 3. The second-order valence-electron chi connectivity index (χ2n) is 5.80. The Hall–Kier alpha value is -3.39. The molecule has 0 spiro atoms. The normalized spacial score (nSPS) is 16.3. The third-order valence-electron chi connectivity index (χ3n) is 4.38. The Balaban J connectivity index is 2.05. The maximum atomic E-state index is 14.4. The van der Waals surface area contributed by atoms with Gasteiger partial charge in [0.25, 0.3) is 0 Å². The highest BCUT2D eigenvalue weighted by molar-refractivity contribution is 5.90. The molecule has 0 radical (unpaired) electrons. The third-order valence-corrected chi connectivity index (χ3v) is 4.38. The molecule has 1 heterocycles. The lowest BCUT2D eigenvalue weighted by atomic mass is 9.82. The number of ether oxygens (including phenoxy) is 1. The van der Waals surface area contributed by atoms with Gasteiger partial charge in [-0.05, 0) is 23.6 Å². The lowest BCUT2D eigenvalue weighted by Crippen LogP contribution is -2.22. The number of hydrogen-bond acceptors (Lipinski definition) is 3. The number of allylic oxidation sites excluding steroid dienone is 1. The summed E-state index contributed by atoms with van der Waals surface area (Å²) in [4.78, 5) is 0. The SMILES string of the molecule is N#CC1=C(N)Oc2c(ccc3ccccc23)[C@H]1c1cc(F)ccc1F. The van der Waals surface area contributed by atoms with Crippen molar-refractivity contribution in [3.05, 3.63) is 88.8 Å². The number of nitrogens with two attached hydrogens (primary N) is 1. The van der Waals surface area contributed by atoms with Crippen molar-refractivity contribution in [1.82, 2.24) is 0 Å².